The molecule has 1 N–H and O–H groups in total. The first-order chi connectivity index (χ1) is 6.83. The molecule has 0 saturated heterocycles. The number of fused-ring (bicyclic) bond motifs is 2. The van der Waals surface area contributed by atoms with E-state index in [9.17, 15) is 5.11 Å². The zero-order chi connectivity index (χ0) is 9.60. The molecule has 1 aromatic rings. The predicted octanol–water partition coefficient (Wildman–Crippen LogP) is 2.49. The summed E-state index contributed by atoms with van der Waals surface area (Å²) in [5.74, 6) is 0.579. The van der Waals surface area contributed by atoms with E-state index in [0.717, 1.165) is 0 Å². The number of benzene rings is 1. The summed E-state index contributed by atoms with van der Waals surface area (Å²) in [4.78, 5) is 0. The molecule has 2 fully saturated rings. The lowest BCUT2D eigenvalue weighted by molar-refractivity contribution is 0.108. The largest absolute Gasteiger partial charge is 0.392 e. The van der Waals surface area contributed by atoms with Crippen molar-refractivity contribution in [3.63, 3.8) is 0 Å². The number of aliphatic hydroxyl groups excluding tert-OH is 1. The summed E-state index contributed by atoms with van der Waals surface area (Å²) >= 11 is 0. The predicted molar refractivity (Wildman–Crippen MR) is 56.1 cm³/mol. The van der Waals surface area contributed by atoms with Gasteiger partial charge in [-0.15, -0.1) is 0 Å². The average molecular weight is 188 g/mol. The molecule has 1 unspecified atom stereocenters. The van der Waals surface area contributed by atoms with Crippen LogP contribution in [0.1, 0.15) is 31.2 Å². The molecule has 1 heteroatoms. The molecule has 0 aliphatic heterocycles. The minimum atomic E-state index is -0.0788. The highest BCUT2D eigenvalue weighted by Crippen LogP contribution is 2.55. The quantitative estimate of drug-likeness (QED) is 0.718. The van der Waals surface area contributed by atoms with Crippen LogP contribution in [0.5, 0.6) is 0 Å². The van der Waals surface area contributed by atoms with Crippen LogP contribution in [0.25, 0.3) is 0 Å². The molecule has 0 radical (unpaired) electrons. The second-order valence-corrected chi connectivity index (χ2v) is 4.80. The van der Waals surface area contributed by atoms with Crippen LogP contribution < -0.4 is 0 Å². The first-order valence-electron chi connectivity index (χ1n) is 5.56. The zero-order valence-electron chi connectivity index (χ0n) is 8.32. The minimum absolute atomic E-state index is 0.0788. The molecular formula is C13H16O. The van der Waals surface area contributed by atoms with E-state index in [0.29, 0.717) is 5.92 Å². The fraction of sp³-hybridized carbons (Fsp3) is 0.538. The van der Waals surface area contributed by atoms with Gasteiger partial charge in [0.05, 0.1) is 6.10 Å². The summed E-state index contributed by atoms with van der Waals surface area (Å²) in [6, 6.07) is 10.6. The first-order valence-corrected chi connectivity index (χ1v) is 5.56. The summed E-state index contributed by atoms with van der Waals surface area (Å²) in [5.41, 5.74) is 1.47. The van der Waals surface area contributed by atoms with E-state index in [1.807, 2.05) is 6.07 Å². The smallest absolute Gasteiger partial charge is 0.0664 e. The maximum atomic E-state index is 10.2. The molecule has 3 rings (SSSR count). The Balaban J connectivity index is 2.05. The van der Waals surface area contributed by atoms with Crippen molar-refractivity contribution < 1.29 is 5.11 Å². The Hall–Kier alpha value is -0.820. The SMILES string of the molecule is OC1C2CCC1(c1ccccc1)CC2. The Kier molecular flexibility index (Phi) is 1.72. The molecule has 0 heterocycles. The summed E-state index contributed by atoms with van der Waals surface area (Å²) in [7, 11) is 0. The standard InChI is InChI=1S/C13H16O/c14-12-10-6-8-13(12,9-7-10)11-4-2-1-3-5-11/h1-5,10,12,14H,6-9H2. The lowest BCUT2D eigenvalue weighted by Crippen LogP contribution is -2.31. The minimum Gasteiger partial charge on any atom is -0.392 e. The van der Waals surface area contributed by atoms with Crippen LogP contribution in [0.4, 0.5) is 0 Å². The molecule has 14 heavy (non-hydrogen) atoms. The van der Waals surface area contributed by atoms with Gasteiger partial charge in [0.1, 0.15) is 0 Å². The highest BCUT2D eigenvalue weighted by molar-refractivity contribution is 5.31. The highest BCUT2D eigenvalue weighted by Gasteiger charge is 2.53. The van der Waals surface area contributed by atoms with E-state index in [1.165, 1.54) is 31.2 Å². The number of hydrogen-bond acceptors (Lipinski definition) is 1. The van der Waals surface area contributed by atoms with Crippen molar-refractivity contribution in [3.05, 3.63) is 35.9 Å². The third-order valence-electron chi connectivity index (χ3n) is 4.28. The van der Waals surface area contributed by atoms with Crippen LogP contribution in [0.15, 0.2) is 30.3 Å². The first kappa shape index (κ1) is 8.49. The van der Waals surface area contributed by atoms with Crippen molar-refractivity contribution in [1.29, 1.82) is 0 Å². The normalized spacial score (nSPS) is 40.4. The Morgan fingerprint density at radius 3 is 2.21 bits per heavy atom. The Bertz CT molecular complexity index is 322. The molecule has 2 aliphatic rings. The maximum Gasteiger partial charge on any atom is 0.0664 e. The molecule has 0 aromatic heterocycles. The van der Waals surface area contributed by atoms with E-state index in [1.54, 1.807) is 0 Å². The van der Waals surface area contributed by atoms with Crippen molar-refractivity contribution in [2.75, 3.05) is 0 Å². The van der Waals surface area contributed by atoms with Crippen molar-refractivity contribution in [2.24, 2.45) is 5.92 Å². The van der Waals surface area contributed by atoms with Crippen molar-refractivity contribution in [1.82, 2.24) is 0 Å². The van der Waals surface area contributed by atoms with Gasteiger partial charge in [-0.1, -0.05) is 30.3 Å². The van der Waals surface area contributed by atoms with Gasteiger partial charge in [0.15, 0.2) is 0 Å². The summed E-state index contributed by atoms with van der Waals surface area (Å²) < 4.78 is 0. The Morgan fingerprint density at radius 1 is 1.07 bits per heavy atom. The van der Waals surface area contributed by atoms with Gasteiger partial charge in [0.2, 0.25) is 0 Å². The van der Waals surface area contributed by atoms with Crippen LogP contribution in [0.3, 0.4) is 0 Å². The van der Waals surface area contributed by atoms with E-state index >= 15 is 0 Å². The van der Waals surface area contributed by atoms with E-state index in [-0.39, 0.29) is 11.5 Å². The van der Waals surface area contributed by atoms with Crippen LogP contribution in [0.2, 0.25) is 0 Å². The van der Waals surface area contributed by atoms with Gasteiger partial charge in [-0.2, -0.15) is 0 Å². The topological polar surface area (TPSA) is 20.2 Å². The summed E-state index contributed by atoms with van der Waals surface area (Å²) in [5, 5.41) is 10.2. The second-order valence-electron chi connectivity index (χ2n) is 4.80. The fourth-order valence-corrected chi connectivity index (χ4v) is 3.45. The highest BCUT2D eigenvalue weighted by atomic mass is 16.3. The monoisotopic (exact) mass is 188 g/mol. The van der Waals surface area contributed by atoms with E-state index < -0.39 is 0 Å². The van der Waals surface area contributed by atoms with Crippen molar-refractivity contribution in [3.8, 4) is 0 Å². The summed E-state index contributed by atoms with van der Waals surface area (Å²) in [6.45, 7) is 0. The third kappa shape index (κ3) is 0.936. The van der Waals surface area contributed by atoms with Gasteiger partial charge in [0, 0.05) is 5.41 Å². The van der Waals surface area contributed by atoms with Gasteiger partial charge in [-0.05, 0) is 37.2 Å². The van der Waals surface area contributed by atoms with Crippen LogP contribution in [0, 0.1) is 5.92 Å². The molecule has 2 saturated carbocycles. The number of rotatable bonds is 1. The fourth-order valence-electron chi connectivity index (χ4n) is 3.45. The van der Waals surface area contributed by atoms with Crippen LogP contribution >= 0.6 is 0 Å². The van der Waals surface area contributed by atoms with Gasteiger partial charge in [-0.3, -0.25) is 0 Å². The van der Waals surface area contributed by atoms with E-state index in [2.05, 4.69) is 24.3 Å². The van der Waals surface area contributed by atoms with Crippen LogP contribution in [-0.2, 0) is 5.41 Å². The van der Waals surface area contributed by atoms with E-state index in [4.69, 9.17) is 0 Å². The molecule has 1 nitrogen and oxygen atoms in total. The Morgan fingerprint density at radius 2 is 1.71 bits per heavy atom. The molecule has 0 amide bonds. The van der Waals surface area contributed by atoms with Crippen molar-refractivity contribution in [2.45, 2.75) is 37.2 Å². The van der Waals surface area contributed by atoms with Gasteiger partial charge >= 0.3 is 0 Å². The molecule has 2 bridgehead atoms. The van der Waals surface area contributed by atoms with Gasteiger partial charge in [0.25, 0.3) is 0 Å². The lowest BCUT2D eigenvalue weighted by Gasteiger charge is -2.29. The molecule has 0 spiro atoms. The van der Waals surface area contributed by atoms with Crippen molar-refractivity contribution >= 4 is 0 Å². The summed E-state index contributed by atoms with van der Waals surface area (Å²) in [6.07, 6.45) is 4.72. The zero-order valence-corrected chi connectivity index (χ0v) is 8.32. The maximum absolute atomic E-state index is 10.2. The van der Waals surface area contributed by atoms with Crippen LogP contribution in [-0.4, -0.2) is 11.2 Å². The Labute approximate surface area is 84.8 Å². The molecular weight excluding hydrogens is 172 g/mol. The average Bonchev–Trinajstić information content (AvgIpc) is 2.75. The molecule has 1 aromatic carbocycles. The number of aliphatic hydroxyl groups is 1. The van der Waals surface area contributed by atoms with Gasteiger partial charge in [-0.25, -0.2) is 0 Å². The number of hydrogen-bond donors (Lipinski definition) is 1. The lowest BCUT2D eigenvalue weighted by atomic mass is 9.77. The molecule has 1 atom stereocenters. The second kappa shape index (κ2) is 2.83. The molecule has 2 aliphatic carbocycles. The molecule has 74 valence electrons. The third-order valence-corrected chi connectivity index (χ3v) is 4.28. The van der Waals surface area contributed by atoms with Gasteiger partial charge < -0.3 is 5.11 Å².